The Labute approximate surface area is 184 Å². The van der Waals surface area contributed by atoms with E-state index >= 15 is 0 Å². The summed E-state index contributed by atoms with van der Waals surface area (Å²) in [5.41, 5.74) is 14.1. The van der Waals surface area contributed by atoms with E-state index in [0.29, 0.717) is 33.9 Å². The summed E-state index contributed by atoms with van der Waals surface area (Å²) in [6.07, 6.45) is 4.65. The van der Waals surface area contributed by atoms with Gasteiger partial charge in [-0.15, -0.1) is 11.3 Å². The van der Waals surface area contributed by atoms with Crippen LogP contribution in [-0.4, -0.2) is 40.6 Å². The molecule has 0 aliphatic carbocycles. The monoisotopic (exact) mass is 442 g/mol. The van der Waals surface area contributed by atoms with Crippen LogP contribution in [0.2, 0.25) is 0 Å². The Bertz CT molecular complexity index is 1130. The Morgan fingerprint density at radius 3 is 2.77 bits per heavy atom. The molecular formula is C22H26N4O4S. The van der Waals surface area contributed by atoms with Crippen LogP contribution in [0.15, 0.2) is 29.1 Å². The first-order chi connectivity index (χ1) is 14.6. The minimum absolute atomic E-state index is 0.0386. The summed E-state index contributed by atoms with van der Waals surface area (Å²) in [6, 6.07) is 3.82. The first-order valence-corrected chi connectivity index (χ1v) is 11.0. The molecule has 1 aliphatic heterocycles. The summed E-state index contributed by atoms with van der Waals surface area (Å²) >= 11 is 1.19. The maximum Gasteiger partial charge on any atom is 0.410 e. The lowest BCUT2D eigenvalue weighted by molar-refractivity contribution is 0.0197. The molecule has 31 heavy (non-hydrogen) atoms. The van der Waals surface area contributed by atoms with Crippen molar-refractivity contribution < 1.29 is 18.7 Å². The Morgan fingerprint density at radius 2 is 2.13 bits per heavy atom. The van der Waals surface area contributed by atoms with Crippen LogP contribution < -0.4 is 11.5 Å². The molecule has 4 heterocycles. The SMILES string of the molecule is CC(C)(C)OC(=O)N1CCCC(c2cc(-c3ccoc3)c3c(N)c(C(N)=O)sc3n2)C1. The number of hydrogen-bond acceptors (Lipinski definition) is 7. The van der Waals surface area contributed by atoms with Crippen molar-refractivity contribution in [1.82, 2.24) is 9.88 Å². The molecule has 2 amide bonds. The second-order valence-corrected chi connectivity index (χ2v) is 9.76. The average Bonchev–Trinajstić information content (AvgIpc) is 3.34. The molecule has 0 spiro atoms. The van der Waals surface area contributed by atoms with Crippen molar-refractivity contribution in [2.75, 3.05) is 18.8 Å². The first-order valence-electron chi connectivity index (χ1n) is 10.2. The van der Waals surface area contributed by atoms with Crippen molar-refractivity contribution in [1.29, 1.82) is 0 Å². The van der Waals surface area contributed by atoms with Crippen LogP contribution in [0.25, 0.3) is 21.3 Å². The summed E-state index contributed by atoms with van der Waals surface area (Å²) in [6.45, 7) is 6.74. The van der Waals surface area contributed by atoms with Gasteiger partial charge in [0.2, 0.25) is 0 Å². The van der Waals surface area contributed by atoms with Gasteiger partial charge in [-0.05, 0) is 51.3 Å². The Morgan fingerprint density at radius 1 is 1.35 bits per heavy atom. The number of fused-ring (bicyclic) bond motifs is 1. The van der Waals surface area contributed by atoms with Crippen molar-refractivity contribution in [2.24, 2.45) is 5.73 Å². The number of furan rings is 1. The fourth-order valence-electron chi connectivity index (χ4n) is 3.89. The predicted molar refractivity (Wildman–Crippen MR) is 120 cm³/mol. The molecule has 1 saturated heterocycles. The summed E-state index contributed by atoms with van der Waals surface area (Å²) in [5.74, 6) is -0.536. The highest BCUT2D eigenvalue weighted by atomic mass is 32.1. The first kappa shape index (κ1) is 21.2. The molecule has 0 aromatic carbocycles. The maximum absolute atomic E-state index is 12.6. The highest BCUT2D eigenvalue weighted by Crippen LogP contribution is 2.41. The molecule has 1 atom stereocenters. The Hall–Kier alpha value is -3.07. The number of carbonyl (C=O) groups is 2. The normalized spacial score (nSPS) is 17.1. The number of nitrogens with zero attached hydrogens (tertiary/aromatic N) is 2. The summed E-state index contributed by atoms with van der Waals surface area (Å²) in [5, 5.41) is 0.698. The number of rotatable bonds is 3. The Balaban J connectivity index is 1.74. The second-order valence-electron chi connectivity index (χ2n) is 8.76. The third-order valence-electron chi connectivity index (χ3n) is 5.27. The molecule has 4 rings (SSSR count). The number of hydrogen-bond donors (Lipinski definition) is 2. The molecule has 0 bridgehead atoms. The molecular weight excluding hydrogens is 416 g/mol. The number of pyridine rings is 1. The number of piperidine rings is 1. The van der Waals surface area contributed by atoms with Crippen molar-refractivity contribution in [3.63, 3.8) is 0 Å². The molecule has 9 heteroatoms. The quantitative estimate of drug-likeness (QED) is 0.621. The number of anilines is 1. The van der Waals surface area contributed by atoms with E-state index in [2.05, 4.69) is 0 Å². The zero-order valence-corrected chi connectivity index (χ0v) is 18.6. The van der Waals surface area contributed by atoms with Crippen LogP contribution in [0, 0.1) is 0 Å². The summed E-state index contributed by atoms with van der Waals surface area (Å²) < 4.78 is 10.8. The van der Waals surface area contributed by atoms with Gasteiger partial charge in [0.15, 0.2) is 0 Å². The third-order valence-corrected chi connectivity index (χ3v) is 6.38. The smallest absolute Gasteiger partial charge is 0.410 e. The fourth-order valence-corrected chi connectivity index (χ4v) is 4.87. The van der Waals surface area contributed by atoms with Crippen molar-refractivity contribution in [3.05, 3.63) is 35.2 Å². The van der Waals surface area contributed by atoms with Crippen molar-refractivity contribution in [2.45, 2.75) is 45.1 Å². The largest absolute Gasteiger partial charge is 0.472 e. The van der Waals surface area contributed by atoms with E-state index in [1.807, 2.05) is 32.9 Å². The summed E-state index contributed by atoms with van der Waals surface area (Å²) in [4.78, 5) is 31.9. The number of ether oxygens (including phenoxy) is 1. The van der Waals surface area contributed by atoms with E-state index in [1.54, 1.807) is 17.4 Å². The number of aromatic nitrogens is 1. The zero-order chi connectivity index (χ0) is 22.3. The predicted octanol–water partition coefficient (Wildman–Crippen LogP) is 4.35. The van der Waals surface area contributed by atoms with Gasteiger partial charge in [-0.2, -0.15) is 0 Å². The third kappa shape index (κ3) is 4.23. The number of thiophene rings is 1. The number of primary amides is 1. The van der Waals surface area contributed by atoms with Crippen molar-refractivity contribution in [3.8, 4) is 11.1 Å². The molecule has 1 unspecified atom stereocenters. The van der Waals surface area contributed by atoms with Crippen LogP contribution in [0.5, 0.6) is 0 Å². The van der Waals surface area contributed by atoms with E-state index in [0.717, 1.165) is 29.7 Å². The number of carbonyl (C=O) groups excluding carboxylic acids is 2. The molecule has 8 nitrogen and oxygen atoms in total. The van der Waals surface area contributed by atoms with Gasteiger partial charge in [-0.25, -0.2) is 9.78 Å². The number of likely N-dealkylation sites (tertiary alicyclic amines) is 1. The molecule has 0 radical (unpaired) electrons. The second kappa shape index (κ2) is 7.88. The minimum atomic E-state index is -0.575. The Kier molecular flexibility index (Phi) is 5.38. The van der Waals surface area contributed by atoms with Gasteiger partial charge >= 0.3 is 6.09 Å². The van der Waals surface area contributed by atoms with Gasteiger partial charge < -0.3 is 25.5 Å². The van der Waals surface area contributed by atoms with E-state index in [-0.39, 0.29) is 12.0 Å². The molecule has 1 aliphatic rings. The van der Waals surface area contributed by atoms with Crippen LogP contribution >= 0.6 is 11.3 Å². The molecule has 164 valence electrons. The highest BCUT2D eigenvalue weighted by Gasteiger charge is 2.30. The van der Waals surface area contributed by atoms with Crippen LogP contribution in [0.4, 0.5) is 10.5 Å². The standard InChI is InChI=1S/C22H26N4O4S/c1-22(2,3)30-21(28)26-7-4-5-12(10-26)15-9-14(13-6-8-29-11-13)16-17(23)18(19(24)27)31-20(16)25-15/h6,8-9,11-12H,4-5,7,10,23H2,1-3H3,(H2,24,27). The van der Waals surface area contributed by atoms with E-state index < -0.39 is 11.5 Å². The topological polar surface area (TPSA) is 125 Å². The molecule has 4 N–H and O–H groups in total. The maximum atomic E-state index is 12.6. The van der Waals surface area contributed by atoms with Gasteiger partial charge in [0.05, 0.1) is 18.2 Å². The van der Waals surface area contributed by atoms with Gasteiger partial charge in [0, 0.05) is 35.7 Å². The zero-order valence-electron chi connectivity index (χ0n) is 17.8. The number of nitrogens with two attached hydrogens (primary N) is 2. The van der Waals surface area contributed by atoms with E-state index in [1.165, 1.54) is 11.3 Å². The molecule has 0 saturated carbocycles. The van der Waals surface area contributed by atoms with Crippen LogP contribution in [-0.2, 0) is 4.74 Å². The summed E-state index contributed by atoms with van der Waals surface area (Å²) in [7, 11) is 0. The molecule has 3 aromatic rings. The number of nitrogen functional groups attached to an aromatic ring is 1. The lowest BCUT2D eigenvalue weighted by atomic mass is 9.92. The van der Waals surface area contributed by atoms with E-state index in [9.17, 15) is 9.59 Å². The fraction of sp³-hybridized carbons (Fsp3) is 0.409. The lowest BCUT2D eigenvalue weighted by Gasteiger charge is -2.34. The van der Waals surface area contributed by atoms with Crippen LogP contribution in [0.1, 0.15) is 54.9 Å². The van der Waals surface area contributed by atoms with Gasteiger partial charge in [0.25, 0.3) is 5.91 Å². The molecule has 1 fully saturated rings. The van der Waals surface area contributed by atoms with E-state index in [4.69, 9.17) is 25.6 Å². The van der Waals surface area contributed by atoms with Gasteiger partial charge in [-0.1, -0.05) is 0 Å². The van der Waals surface area contributed by atoms with Crippen molar-refractivity contribution >= 4 is 39.2 Å². The minimum Gasteiger partial charge on any atom is -0.472 e. The highest BCUT2D eigenvalue weighted by molar-refractivity contribution is 7.21. The molecule has 3 aromatic heterocycles. The average molecular weight is 443 g/mol. The van der Waals surface area contributed by atoms with Gasteiger partial charge in [0.1, 0.15) is 15.3 Å². The van der Waals surface area contributed by atoms with Crippen LogP contribution in [0.3, 0.4) is 0 Å². The lowest BCUT2D eigenvalue weighted by Crippen LogP contribution is -2.42. The van der Waals surface area contributed by atoms with Gasteiger partial charge in [-0.3, -0.25) is 4.79 Å². The number of amides is 2.